The van der Waals surface area contributed by atoms with Gasteiger partial charge in [0.25, 0.3) is 0 Å². The van der Waals surface area contributed by atoms with Crippen molar-refractivity contribution in [3.63, 3.8) is 0 Å². The van der Waals surface area contributed by atoms with Crippen molar-refractivity contribution in [2.45, 2.75) is 85.4 Å². The summed E-state index contributed by atoms with van der Waals surface area (Å²) in [6.07, 6.45) is 10.4. The molecule has 0 amide bonds. The number of aliphatic hydroxyl groups is 2. The molecule has 20 heavy (non-hydrogen) atoms. The Kier molecular flexibility index (Phi) is 11.1. The highest BCUT2D eigenvalue weighted by Crippen LogP contribution is 2.29. The van der Waals surface area contributed by atoms with Gasteiger partial charge < -0.3 is 10.2 Å². The summed E-state index contributed by atoms with van der Waals surface area (Å²) in [5, 5.41) is 20.4. The molecular weight excluding hydrogens is 248 g/mol. The van der Waals surface area contributed by atoms with Gasteiger partial charge in [-0.25, -0.2) is 0 Å². The molecule has 0 fully saturated rings. The molecular formula is C18H36O2. The molecule has 0 saturated heterocycles. The van der Waals surface area contributed by atoms with Crippen molar-refractivity contribution in [1.82, 2.24) is 0 Å². The molecule has 5 atom stereocenters. The Morgan fingerprint density at radius 3 is 1.95 bits per heavy atom. The maximum absolute atomic E-state index is 10.6. The molecule has 2 N–H and O–H groups in total. The molecule has 0 aromatic rings. The van der Waals surface area contributed by atoms with Gasteiger partial charge >= 0.3 is 0 Å². The van der Waals surface area contributed by atoms with Crippen LogP contribution in [-0.2, 0) is 0 Å². The van der Waals surface area contributed by atoms with E-state index < -0.39 is 12.2 Å². The minimum atomic E-state index is -0.440. The Morgan fingerprint density at radius 1 is 0.900 bits per heavy atom. The Morgan fingerprint density at radius 2 is 1.50 bits per heavy atom. The number of hydrogen-bond donors (Lipinski definition) is 2. The van der Waals surface area contributed by atoms with E-state index in [1.807, 2.05) is 6.92 Å². The average molecular weight is 284 g/mol. The highest BCUT2D eigenvalue weighted by Gasteiger charge is 2.30. The Hall–Kier alpha value is -0.340. The topological polar surface area (TPSA) is 40.5 Å². The zero-order valence-electron chi connectivity index (χ0n) is 14.2. The summed E-state index contributed by atoms with van der Waals surface area (Å²) in [5.74, 6) is 0.581. The van der Waals surface area contributed by atoms with Crippen LogP contribution in [0.4, 0.5) is 0 Å². The minimum Gasteiger partial charge on any atom is -0.393 e. The fourth-order valence-corrected chi connectivity index (χ4v) is 3.08. The van der Waals surface area contributed by atoms with Crippen molar-refractivity contribution in [3.8, 4) is 0 Å². The van der Waals surface area contributed by atoms with Crippen LogP contribution in [0, 0.1) is 17.8 Å². The molecule has 0 aromatic heterocycles. The van der Waals surface area contributed by atoms with Gasteiger partial charge in [-0.3, -0.25) is 0 Å². The van der Waals surface area contributed by atoms with Gasteiger partial charge in [0.1, 0.15) is 0 Å². The van der Waals surface area contributed by atoms with Gasteiger partial charge in [-0.1, -0.05) is 59.1 Å². The molecule has 0 aliphatic carbocycles. The van der Waals surface area contributed by atoms with E-state index in [1.54, 1.807) is 6.92 Å². The number of aliphatic hydroxyl groups excluding tert-OH is 2. The zero-order valence-corrected chi connectivity index (χ0v) is 14.2. The lowest BCUT2D eigenvalue weighted by atomic mass is 9.78. The lowest BCUT2D eigenvalue weighted by Gasteiger charge is -2.33. The van der Waals surface area contributed by atoms with Crippen LogP contribution in [0.25, 0.3) is 0 Å². The highest BCUT2D eigenvalue weighted by atomic mass is 16.3. The third kappa shape index (κ3) is 6.90. The molecule has 2 heteroatoms. The normalized spacial score (nSPS) is 19.8. The van der Waals surface area contributed by atoms with Crippen LogP contribution in [0.5, 0.6) is 0 Å². The van der Waals surface area contributed by atoms with E-state index in [2.05, 4.69) is 32.9 Å². The highest BCUT2D eigenvalue weighted by molar-refractivity contribution is 4.93. The van der Waals surface area contributed by atoms with Crippen LogP contribution >= 0.6 is 0 Å². The fraction of sp³-hybridized carbons (Fsp3) is 0.889. The SMILES string of the molecule is CCCCCC=CC(C)C(CC)C(O)C(CC)C(C)O. The van der Waals surface area contributed by atoms with Crippen molar-refractivity contribution in [2.75, 3.05) is 0 Å². The number of allylic oxidation sites excluding steroid dienone is 2. The molecule has 0 aliphatic rings. The summed E-state index contributed by atoms with van der Waals surface area (Å²) >= 11 is 0. The van der Waals surface area contributed by atoms with Crippen LogP contribution in [0.2, 0.25) is 0 Å². The van der Waals surface area contributed by atoms with E-state index in [4.69, 9.17) is 0 Å². The van der Waals surface area contributed by atoms with Gasteiger partial charge in [0.2, 0.25) is 0 Å². The van der Waals surface area contributed by atoms with Gasteiger partial charge in [0, 0.05) is 5.92 Å². The molecule has 0 radical (unpaired) electrons. The van der Waals surface area contributed by atoms with Crippen LogP contribution in [0.15, 0.2) is 12.2 Å². The minimum absolute atomic E-state index is 0.0177. The molecule has 0 heterocycles. The van der Waals surface area contributed by atoms with Crippen molar-refractivity contribution < 1.29 is 10.2 Å². The molecule has 0 spiro atoms. The third-order valence-corrected chi connectivity index (χ3v) is 4.53. The molecule has 5 unspecified atom stereocenters. The number of unbranched alkanes of at least 4 members (excludes halogenated alkanes) is 3. The quantitative estimate of drug-likeness (QED) is 0.431. The first kappa shape index (κ1) is 19.7. The van der Waals surface area contributed by atoms with Gasteiger partial charge in [-0.2, -0.15) is 0 Å². The first-order valence-electron chi connectivity index (χ1n) is 8.52. The second-order valence-corrected chi connectivity index (χ2v) is 6.16. The Balaban J connectivity index is 4.48. The molecule has 2 nitrogen and oxygen atoms in total. The predicted octanol–water partition coefficient (Wildman–Crippen LogP) is 4.55. The molecule has 120 valence electrons. The van der Waals surface area contributed by atoms with E-state index >= 15 is 0 Å². The predicted molar refractivity (Wildman–Crippen MR) is 87.7 cm³/mol. The van der Waals surface area contributed by atoms with E-state index in [0.29, 0.717) is 5.92 Å². The maximum atomic E-state index is 10.6. The standard InChI is InChI=1S/C18H36O2/c1-6-9-10-11-12-13-14(4)16(7-2)18(20)17(8-3)15(5)19/h12-20H,6-11H2,1-5H3. The second kappa shape index (κ2) is 11.3. The van der Waals surface area contributed by atoms with E-state index in [0.717, 1.165) is 19.3 Å². The van der Waals surface area contributed by atoms with E-state index in [1.165, 1.54) is 19.3 Å². The van der Waals surface area contributed by atoms with Gasteiger partial charge in [0.15, 0.2) is 0 Å². The van der Waals surface area contributed by atoms with Crippen LogP contribution < -0.4 is 0 Å². The summed E-state index contributed by atoms with van der Waals surface area (Å²) in [6.45, 7) is 10.4. The third-order valence-electron chi connectivity index (χ3n) is 4.53. The summed E-state index contributed by atoms with van der Waals surface area (Å²) in [7, 11) is 0. The molecule has 0 aromatic carbocycles. The smallest absolute Gasteiger partial charge is 0.0626 e. The monoisotopic (exact) mass is 284 g/mol. The zero-order chi connectivity index (χ0) is 15.5. The van der Waals surface area contributed by atoms with E-state index in [9.17, 15) is 10.2 Å². The lowest BCUT2D eigenvalue weighted by Crippen LogP contribution is -2.37. The van der Waals surface area contributed by atoms with Gasteiger partial charge in [0.05, 0.1) is 12.2 Å². The second-order valence-electron chi connectivity index (χ2n) is 6.16. The largest absolute Gasteiger partial charge is 0.393 e. The number of hydrogen-bond acceptors (Lipinski definition) is 2. The summed E-state index contributed by atoms with van der Waals surface area (Å²) < 4.78 is 0. The molecule has 0 saturated carbocycles. The number of rotatable bonds is 11. The molecule has 0 rings (SSSR count). The van der Waals surface area contributed by atoms with E-state index in [-0.39, 0.29) is 11.8 Å². The van der Waals surface area contributed by atoms with Crippen molar-refractivity contribution in [2.24, 2.45) is 17.8 Å². The van der Waals surface area contributed by atoms with Crippen LogP contribution in [0.1, 0.15) is 73.1 Å². The lowest BCUT2D eigenvalue weighted by molar-refractivity contribution is -0.0236. The summed E-state index contributed by atoms with van der Waals surface area (Å²) in [6, 6.07) is 0. The van der Waals surface area contributed by atoms with Gasteiger partial charge in [-0.15, -0.1) is 0 Å². The van der Waals surface area contributed by atoms with Crippen LogP contribution in [-0.4, -0.2) is 22.4 Å². The average Bonchev–Trinajstić information content (AvgIpc) is 2.39. The van der Waals surface area contributed by atoms with Crippen LogP contribution in [0.3, 0.4) is 0 Å². The summed E-state index contributed by atoms with van der Waals surface area (Å²) in [5.41, 5.74) is 0. The van der Waals surface area contributed by atoms with Crippen molar-refractivity contribution >= 4 is 0 Å². The van der Waals surface area contributed by atoms with Crippen molar-refractivity contribution in [1.29, 1.82) is 0 Å². The molecule has 0 aliphatic heterocycles. The summed E-state index contributed by atoms with van der Waals surface area (Å²) in [4.78, 5) is 0. The Labute approximate surface area is 126 Å². The van der Waals surface area contributed by atoms with Gasteiger partial charge in [-0.05, 0) is 38.0 Å². The first-order valence-corrected chi connectivity index (χ1v) is 8.52. The van der Waals surface area contributed by atoms with Crippen molar-refractivity contribution in [3.05, 3.63) is 12.2 Å². The maximum Gasteiger partial charge on any atom is 0.0626 e. The Bertz CT molecular complexity index is 248. The molecule has 0 bridgehead atoms. The fourth-order valence-electron chi connectivity index (χ4n) is 3.08. The first-order chi connectivity index (χ1) is 9.49.